The van der Waals surface area contributed by atoms with E-state index in [2.05, 4.69) is 66.7 Å². The zero-order valence-electron chi connectivity index (χ0n) is 23.6. The SMILES string of the molecule is CC(C)(O)C(C)(C)O[B]c1cccc2oc3ccc(-c4cccc5c4oc4cccc(-c6ccccc6)c45)cc3c12. The Hall–Kier alpha value is -4.32. The number of rotatable bonds is 6. The van der Waals surface area contributed by atoms with Crippen LogP contribution < -0.4 is 5.46 Å². The molecule has 1 radical (unpaired) electrons. The van der Waals surface area contributed by atoms with Crippen molar-refractivity contribution >= 4 is 56.8 Å². The van der Waals surface area contributed by atoms with Crippen molar-refractivity contribution in [2.75, 3.05) is 0 Å². The van der Waals surface area contributed by atoms with Gasteiger partial charge in [0.2, 0.25) is 0 Å². The van der Waals surface area contributed by atoms with E-state index >= 15 is 0 Å². The number of aliphatic hydroxyl groups is 1. The maximum absolute atomic E-state index is 10.6. The number of para-hydroxylation sites is 1. The molecule has 0 aliphatic carbocycles. The van der Waals surface area contributed by atoms with Crippen LogP contribution in [0.2, 0.25) is 0 Å². The third-order valence-electron chi connectivity index (χ3n) is 8.40. The zero-order valence-corrected chi connectivity index (χ0v) is 23.6. The summed E-state index contributed by atoms with van der Waals surface area (Å²) in [6, 6.07) is 35.2. The molecule has 0 spiro atoms. The molecule has 41 heavy (non-hydrogen) atoms. The van der Waals surface area contributed by atoms with Gasteiger partial charge in [-0.15, -0.1) is 0 Å². The van der Waals surface area contributed by atoms with Gasteiger partial charge in [0, 0.05) is 27.1 Å². The van der Waals surface area contributed by atoms with Crippen molar-refractivity contribution in [3.8, 4) is 22.3 Å². The Morgan fingerprint density at radius 3 is 2.10 bits per heavy atom. The number of fused-ring (bicyclic) bond motifs is 6. The summed E-state index contributed by atoms with van der Waals surface area (Å²) in [6.45, 7) is 7.27. The van der Waals surface area contributed by atoms with Crippen LogP contribution in [0.4, 0.5) is 0 Å². The summed E-state index contributed by atoms with van der Waals surface area (Å²) in [5.41, 5.74) is 6.79. The van der Waals surface area contributed by atoms with Gasteiger partial charge in [-0.25, -0.2) is 0 Å². The predicted octanol–water partition coefficient (Wildman–Crippen LogP) is 8.63. The first kappa shape index (κ1) is 25.6. The van der Waals surface area contributed by atoms with Gasteiger partial charge in [0.25, 0.3) is 0 Å². The Balaban J connectivity index is 1.38. The van der Waals surface area contributed by atoms with Gasteiger partial charge < -0.3 is 18.6 Å². The Labute approximate surface area is 239 Å². The summed E-state index contributed by atoms with van der Waals surface area (Å²) in [6.07, 6.45) is 0. The van der Waals surface area contributed by atoms with Crippen LogP contribution in [0.25, 0.3) is 66.1 Å². The molecule has 201 valence electrons. The molecule has 5 aromatic carbocycles. The van der Waals surface area contributed by atoms with Crippen molar-refractivity contribution in [2.24, 2.45) is 0 Å². The van der Waals surface area contributed by atoms with Crippen molar-refractivity contribution < 1.29 is 18.6 Å². The molecule has 2 aromatic heterocycles. The molecule has 0 saturated carbocycles. The van der Waals surface area contributed by atoms with Gasteiger partial charge in [0.15, 0.2) is 0 Å². The fourth-order valence-electron chi connectivity index (χ4n) is 5.41. The topological polar surface area (TPSA) is 55.7 Å². The second-order valence-corrected chi connectivity index (χ2v) is 11.7. The Kier molecular flexibility index (Phi) is 5.86. The summed E-state index contributed by atoms with van der Waals surface area (Å²) in [5.74, 6) is 0. The van der Waals surface area contributed by atoms with Gasteiger partial charge in [-0.3, -0.25) is 0 Å². The van der Waals surface area contributed by atoms with Crippen LogP contribution >= 0.6 is 0 Å². The van der Waals surface area contributed by atoms with Crippen LogP contribution in [0, 0.1) is 0 Å². The molecule has 5 heteroatoms. The normalized spacial score (nSPS) is 12.6. The van der Waals surface area contributed by atoms with Crippen molar-refractivity contribution in [1.29, 1.82) is 0 Å². The quantitative estimate of drug-likeness (QED) is 0.216. The van der Waals surface area contributed by atoms with Gasteiger partial charge in [-0.05, 0) is 74.1 Å². The number of furan rings is 2. The Morgan fingerprint density at radius 2 is 1.32 bits per heavy atom. The first-order chi connectivity index (χ1) is 19.7. The summed E-state index contributed by atoms with van der Waals surface area (Å²) >= 11 is 0. The highest BCUT2D eigenvalue weighted by Crippen LogP contribution is 2.41. The molecule has 7 aromatic rings. The molecule has 7 rings (SSSR count). The van der Waals surface area contributed by atoms with Gasteiger partial charge in [-0.1, -0.05) is 78.9 Å². The molecular formula is C36H30BO4. The highest BCUT2D eigenvalue weighted by molar-refractivity contribution is 6.52. The number of benzene rings is 5. The van der Waals surface area contributed by atoms with E-state index in [1.165, 1.54) is 0 Å². The lowest BCUT2D eigenvalue weighted by atomic mass is 9.80. The van der Waals surface area contributed by atoms with E-state index in [-0.39, 0.29) is 0 Å². The van der Waals surface area contributed by atoms with Crippen LogP contribution in [0.3, 0.4) is 0 Å². The lowest BCUT2D eigenvalue weighted by Gasteiger charge is -2.37. The molecule has 0 bridgehead atoms. The van der Waals surface area contributed by atoms with Gasteiger partial charge in [0.05, 0.1) is 11.2 Å². The van der Waals surface area contributed by atoms with E-state index in [0.29, 0.717) is 0 Å². The maximum Gasteiger partial charge on any atom is 0.331 e. The van der Waals surface area contributed by atoms with Gasteiger partial charge in [-0.2, -0.15) is 0 Å². The smallest absolute Gasteiger partial charge is 0.331 e. The minimum Gasteiger partial charge on any atom is -0.456 e. The Morgan fingerprint density at radius 1 is 0.610 bits per heavy atom. The molecule has 0 atom stereocenters. The van der Waals surface area contributed by atoms with Crippen LogP contribution in [0.5, 0.6) is 0 Å². The Bertz CT molecular complexity index is 2060. The monoisotopic (exact) mass is 537 g/mol. The minimum atomic E-state index is -1.02. The second kappa shape index (κ2) is 9.37. The molecule has 0 fully saturated rings. The average molecular weight is 537 g/mol. The molecule has 0 amide bonds. The van der Waals surface area contributed by atoms with Crippen molar-refractivity contribution in [3.63, 3.8) is 0 Å². The summed E-state index contributed by atoms with van der Waals surface area (Å²) in [4.78, 5) is 0. The molecule has 0 aliphatic heterocycles. The highest BCUT2D eigenvalue weighted by Gasteiger charge is 2.36. The van der Waals surface area contributed by atoms with Crippen LogP contribution in [-0.4, -0.2) is 23.8 Å². The zero-order chi connectivity index (χ0) is 28.4. The van der Waals surface area contributed by atoms with E-state index < -0.39 is 11.2 Å². The summed E-state index contributed by atoms with van der Waals surface area (Å²) < 4.78 is 18.9. The van der Waals surface area contributed by atoms with E-state index in [0.717, 1.165) is 71.6 Å². The minimum absolute atomic E-state index is 0.782. The largest absolute Gasteiger partial charge is 0.456 e. The molecule has 0 unspecified atom stereocenters. The molecule has 2 heterocycles. The summed E-state index contributed by atoms with van der Waals surface area (Å²) in [7, 11) is 1.73. The third kappa shape index (κ3) is 4.24. The van der Waals surface area contributed by atoms with Gasteiger partial charge >= 0.3 is 7.48 Å². The molecule has 4 nitrogen and oxygen atoms in total. The third-order valence-corrected chi connectivity index (χ3v) is 8.40. The molecule has 0 aliphatic rings. The van der Waals surface area contributed by atoms with Crippen LogP contribution in [0.15, 0.2) is 112 Å². The average Bonchev–Trinajstić information content (AvgIpc) is 3.54. The van der Waals surface area contributed by atoms with Crippen LogP contribution in [-0.2, 0) is 4.65 Å². The van der Waals surface area contributed by atoms with Crippen molar-refractivity contribution in [2.45, 2.75) is 38.9 Å². The number of hydrogen-bond acceptors (Lipinski definition) is 4. The fraction of sp³-hybridized carbons (Fsp3) is 0.167. The highest BCUT2D eigenvalue weighted by atomic mass is 16.5. The lowest BCUT2D eigenvalue weighted by Crippen LogP contribution is -2.49. The maximum atomic E-state index is 10.6. The molecule has 0 saturated heterocycles. The fourth-order valence-corrected chi connectivity index (χ4v) is 5.41. The van der Waals surface area contributed by atoms with Crippen molar-refractivity contribution in [3.05, 3.63) is 103 Å². The van der Waals surface area contributed by atoms with Gasteiger partial charge in [0.1, 0.15) is 22.3 Å². The lowest BCUT2D eigenvalue weighted by molar-refractivity contribution is -0.0893. The molecular weight excluding hydrogens is 507 g/mol. The van der Waals surface area contributed by atoms with E-state index in [1.54, 1.807) is 21.3 Å². The van der Waals surface area contributed by atoms with E-state index in [9.17, 15) is 5.11 Å². The summed E-state index contributed by atoms with van der Waals surface area (Å²) in [5, 5.41) is 14.8. The molecule has 1 N–H and O–H groups in total. The second-order valence-electron chi connectivity index (χ2n) is 11.7. The standard InChI is InChI=1S/C36H30BO4/c1-35(2,38)36(3,4)41-37-28-16-10-18-31-33(28)27-21-23(19-20-29(27)39-31)25-14-8-15-26-32-24(22-11-6-5-7-12-22)13-9-17-30(32)40-34(25)26/h5-21,38H,1-4H3. The van der Waals surface area contributed by atoms with Crippen molar-refractivity contribution in [1.82, 2.24) is 0 Å². The van der Waals surface area contributed by atoms with Crippen LogP contribution in [0.1, 0.15) is 27.7 Å². The first-order valence-corrected chi connectivity index (χ1v) is 13.9. The first-order valence-electron chi connectivity index (χ1n) is 13.9. The van der Waals surface area contributed by atoms with E-state index in [1.807, 2.05) is 50.2 Å². The van der Waals surface area contributed by atoms with E-state index in [4.69, 9.17) is 13.5 Å². The predicted molar refractivity (Wildman–Crippen MR) is 169 cm³/mol. The number of hydrogen-bond donors (Lipinski definition) is 1.